The molecule has 174 valence electrons. The third-order valence-corrected chi connectivity index (χ3v) is 6.04. The SMILES string of the molecule is C=CC(/C=C/C=C(C#N)C#N)=C(c1ccc2ccc(OC)ccc1-2)c1ccc2ccc(OC)ccc1-2. The number of hydrogen-bond donors (Lipinski definition) is 0. The van der Waals surface area contributed by atoms with E-state index in [1.165, 1.54) is 6.08 Å². The van der Waals surface area contributed by atoms with E-state index in [1.54, 1.807) is 26.4 Å². The summed E-state index contributed by atoms with van der Waals surface area (Å²) in [6.07, 6.45) is 6.88. The number of nitriles is 2. The van der Waals surface area contributed by atoms with E-state index in [9.17, 15) is 0 Å². The molecule has 0 aliphatic heterocycles. The van der Waals surface area contributed by atoms with Gasteiger partial charge in [0, 0.05) is 0 Å². The first-order chi connectivity index (χ1) is 17.6. The van der Waals surface area contributed by atoms with Crippen molar-refractivity contribution < 1.29 is 9.47 Å². The Balaban J connectivity index is 2.00. The Morgan fingerprint density at radius 2 is 1.19 bits per heavy atom. The third-order valence-electron chi connectivity index (χ3n) is 6.04. The first-order valence-electron chi connectivity index (χ1n) is 11.3. The fourth-order valence-electron chi connectivity index (χ4n) is 4.23. The first-order valence-corrected chi connectivity index (χ1v) is 11.3. The van der Waals surface area contributed by atoms with Crippen LogP contribution in [0.25, 0.3) is 27.8 Å². The molecule has 0 aromatic heterocycles. The molecule has 0 spiro atoms. The summed E-state index contributed by atoms with van der Waals surface area (Å²) >= 11 is 0. The van der Waals surface area contributed by atoms with Gasteiger partial charge in [0.2, 0.25) is 0 Å². The van der Waals surface area contributed by atoms with E-state index in [-0.39, 0.29) is 5.57 Å². The van der Waals surface area contributed by atoms with Crippen LogP contribution in [0.5, 0.6) is 11.5 Å². The van der Waals surface area contributed by atoms with Gasteiger partial charge < -0.3 is 9.47 Å². The summed E-state index contributed by atoms with van der Waals surface area (Å²) in [5.41, 5.74) is 8.26. The molecule has 4 aliphatic rings. The predicted octanol–water partition coefficient (Wildman–Crippen LogP) is 7.43. The van der Waals surface area contributed by atoms with Crippen molar-refractivity contribution in [2.45, 2.75) is 0 Å². The van der Waals surface area contributed by atoms with Gasteiger partial charge in [0.05, 0.1) is 14.2 Å². The Hall–Kier alpha value is -5.06. The van der Waals surface area contributed by atoms with Crippen LogP contribution in [0.15, 0.2) is 115 Å². The molecular formula is C32H24N2O2. The molecule has 0 saturated heterocycles. The van der Waals surface area contributed by atoms with Gasteiger partial charge in [-0.25, -0.2) is 0 Å². The largest absolute Gasteiger partial charge is 0.497 e. The monoisotopic (exact) mass is 468 g/mol. The summed E-state index contributed by atoms with van der Waals surface area (Å²) in [4.78, 5) is 0. The molecule has 36 heavy (non-hydrogen) atoms. The van der Waals surface area contributed by atoms with E-state index in [2.05, 4.69) is 43.0 Å². The van der Waals surface area contributed by atoms with Crippen molar-refractivity contribution >= 4 is 5.57 Å². The zero-order valence-corrected chi connectivity index (χ0v) is 20.2. The number of fused-ring (bicyclic) bond motifs is 2. The smallest absolute Gasteiger partial charge is 0.129 e. The average Bonchev–Trinajstić information content (AvgIpc) is 3.34. The number of nitrogens with zero attached hydrogens (tertiary/aromatic N) is 2. The number of hydrogen-bond acceptors (Lipinski definition) is 4. The number of rotatable bonds is 7. The van der Waals surface area contributed by atoms with E-state index in [4.69, 9.17) is 20.0 Å². The van der Waals surface area contributed by atoms with E-state index in [0.29, 0.717) is 0 Å². The number of ether oxygens (including phenoxy) is 2. The molecule has 0 bridgehead atoms. The second kappa shape index (κ2) is 10.9. The van der Waals surface area contributed by atoms with Gasteiger partial charge in [0.15, 0.2) is 0 Å². The fraction of sp³-hybridized carbons (Fsp3) is 0.0625. The summed E-state index contributed by atoms with van der Waals surface area (Å²) in [7, 11) is 3.31. The van der Waals surface area contributed by atoms with Crippen molar-refractivity contribution in [1.82, 2.24) is 0 Å². The quantitative estimate of drug-likeness (QED) is 0.209. The van der Waals surface area contributed by atoms with Crippen molar-refractivity contribution in [2.24, 2.45) is 0 Å². The van der Waals surface area contributed by atoms with Crippen molar-refractivity contribution in [3.05, 3.63) is 126 Å². The van der Waals surface area contributed by atoms with E-state index in [1.807, 2.05) is 54.6 Å². The maximum absolute atomic E-state index is 9.10. The van der Waals surface area contributed by atoms with Gasteiger partial charge in [-0.1, -0.05) is 73.3 Å². The molecule has 4 aliphatic carbocycles. The molecule has 0 N–H and O–H groups in total. The molecule has 0 radical (unpaired) electrons. The van der Waals surface area contributed by atoms with Gasteiger partial charge in [-0.15, -0.1) is 0 Å². The molecule has 4 rings (SSSR count). The maximum Gasteiger partial charge on any atom is 0.129 e. The molecule has 0 unspecified atom stereocenters. The highest BCUT2D eigenvalue weighted by Gasteiger charge is 2.20. The molecule has 0 amide bonds. The van der Waals surface area contributed by atoms with Crippen molar-refractivity contribution in [1.29, 1.82) is 10.5 Å². The van der Waals surface area contributed by atoms with Crippen molar-refractivity contribution in [3.63, 3.8) is 0 Å². The topological polar surface area (TPSA) is 66.0 Å². The standard InChI is InChI=1S/C32H24N2O2/c1-4-23(7-5-6-22(20-33)21-34)32(30-16-10-24-8-12-26(35-2)14-18-28(24)30)31-17-11-25-9-13-27(36-3)15-19-29(25)31/h4-19H,1H2,2-3H3/b7-5+. The second-order valence-corrected chi connectivity index (χ2v) is 7.98. The lowest BCUT2D eigenvalue weighted by Gasteiger charge is -2.13. The first kappa shape index (κ1) is 24.1. The average molecular weight is 469 g/mol. The molecule has 0 fully saturated rings. The maximum atomic E-state index is 9.10. The zero-order valence-electron chi connectivity index (χ0n) is 20.2. The number of allylic oxidation sites excluding steroid dienone is 6. The summed E-state index contributed by atoms with van der Waals surface area (Å²) in [5.74, 6) is 1.55. The lowest BCUT2D eigenvalue weighted by atomic mass is 9.90. The van der Waals surface area contributed by atoms with Crippen LogP contribution in [0.1, 0.15) is 11.1 Å². The Bertz CT molecular complexity index is 1440. The minimum Gasteiger partial charge on any atom is -0.497 e. The summed E-state index contributed by atoms with van der Waals surface area (Å²) in [6.45, 7) is 4.08. The molecule has 4 heteroatoms. The zero-order chi connectivity index (χ0) is 25.5. The van der Waals surface area contributed by atoms with Gasteiger partial charge in [0.1, 0.15) is 29.2 Å². The van der Waals surface area contributed by atoms with Crippen LogP contribution in [0, 0.1) is 22.7 Å². The lowest BCUT2D eigenvalue weighted by molar-refractivity contribution is 0.415. The number of methoxy groups -OCH3 is 2. The van der Waals surface area contributed by atoms with E-state index >= 15 is 0 Å². The molecular weight excluding hydrogens is 444 g/mol. The molecule has 0 atom stereocenters. The van der Waals surface area contributed by atoms with Crippen LogP contribution >= 0.6 is 0 Å². The van der Waals surface area contributed by atoms with Gasteiger partial charge in [-0.2, -0.15) is 10.5 Å². The summed E-state index contributed by atoms with van der Waals surface area (Å²) < 4.78 is 10.9. The molecule has 0 aromatic rings. The molecule has 0 aromatic carbocycles. The lowest BCUT2D eigenvalue weighted by Crippen LogP contribution is -1.92. The minimum atomic E-state index is 0.0342. The second-order valence-electron chi connectivity index (χ2n) is 7.98. The highest BCUT2D eigenvalue weighted by atomic mass is 16.5. The van der Waals surface area contributed by atoms with Crippen LogP contribution in [0.2, 0.25) is 0 Å². The van der Waals surface area contributed by atoms with Crippen molar-refractivity contribution in [3.8, 4) is 45.9 Å². The Kier molecular flexibility index (Phi) is 7.30. The van der Waals surface area contributed by atoms with E-state index in [0.717, 1.165) is 56.0 Å². The van der Waals surface area contributed by atoms with E-state index < -0.39 is 0 Å². The third kappa shape index (κ3) is 4.75. The minimum absolute atomic E-state index is 0.0342. The fourth-order valence-corrected chi connectivity index (χ4v) is 4.23. The molecule has 0 saturated carbocycles. The Morgan fingerprint density at radius 1 is 0.722 bits per heavy atom. The summed E-state index contributed by atoms with van der Waals surface area (Å²) in [6, 6.07) is 28.2. The van der Waals surface area contributed by atoms with Crippen molar-refractivity contribution in [2.75, 3.05) is 14.2 Å². The highest BCUT2D eigenvalue weighted by Crippen LogP contribution is 2.43. The normalized spacial score (nSPS) is 10.4. The van der Waals surface area contributed by atoms with Gasteiger partial charge >= 0.3 is 0 Å². The highest BCUT2D eigenvalue weighted by molar-refractivity contribution is 5.98. The van der Waals surface area contributed by atoms with Crippen LogP contribution in [0.3, 0.4) is 0 Å². The van der Waals surface area contributed by atoms with Gasteiger partial charge in [0.25, 0.3) is 0 Å². The van der Waals surface area contributed by atoms with Crippen LogP contribution < -0.4 is 9.47 Å². The van der Waals surface area contributed by atoms with Crippen LogP contribution in [-0.2, 0) is 0 Å². The summed E-state index contributed by atoms with van der Waals surface area (Å²) in [5, 5.41) is 18.2. The van der Waals surface area contributed by atoms with Crippen LogP contribution in [-0.4, -0.2) is 14.2 Å². The Morgan fingerprint density at radius 3 is 1.64 bits per heavy atom. The van der Waals surface area contributed by atoms with Gasteiger partial charge in [-0.3, -0.25) is 0 Å². The van der Waals surface area contributed by atoms with Gasteiger partial charge in [-0.05, 0) is 74.9 Å². The Labute approximate surface area is 211 Å². The predicted molar refractivity (Wildman–Crippen MR) is 144 cm³/mol. The van der Waals surface area contributed by atoms with Crippen LogP contribution in [0.4, 0.5) is 0 Å². The molecule has 4 nitrogen and oxygen atoms in total. The molecule has 0 heterocycles.